The Balaban J connectivity index is 1.83. The first-order chi connectivity index (χ1) is 7.61. The van der Waals surface area contributed by atoms with E-state index >= 15 is 0 Å². The third-order valence-corrected chi connectivity index (χ3v) is 3.17. The summed E-state index contributed by atoms with van der Waals surface area (Å²) in [5, 5.41) is 10.5. The van der Waals surface area contributed by atoms with Crippen molar-refractivity contribution in [3.63, 3.8) is 0 Å². The fraction of sp³-hybridized carbons (Fsp3) is 0.583. The number of aromatic nitrogens is 1. The van der Waals surface area contributed by atoms with Gasteiger partial charge in [0.05, 0.1) is 5.60 Å². The van der Waals surface area contributed by atoms with Crippen LogP contribution >= 0.6 is 11.6 Å². The molecule has 1 aliphatic heterocycles. The molecule has 2 heterocycles. The molecule has 1 aromatic heterocycles. The van der Waals surface area contributed by atoms with Gasteiger partial charge in [0.2, 0.25) is 0 Å². The summed E-state index contributed by atoms with van der Waals surface area (Å²) in [5.41, 5.74) is 0.692. The number of nitrogens with zero attached hydrogens (tertiary/aromatic N) is 2. The Hall–Kier alpha value is -0.640. The molecule has 0 aromatic carbocycles. The SMILES string of the molecule is CCCC1(O)CN(Cc2ccc(Cl)nc2)C1. The summed E-state index contributed by atoms with van der Waals surface area (Å²) in [5.74, 6) is 0. The molecule has 0 saturated carbocycles. The molecule has 0 aliphatic carbocycles. The molecular weight excluding hydrogens is 224 g/mol. The van der Waals surface area contributed by atoms with Crippen molar-refractivity contribution < 1.29 is 5.11 Å². The third-order valence-electron chi connectivity index (χ3n) is 2.95. The van der Waals surface area contributed by atoms with Crippen LogP contribution in [0.15, 0.2) is 18.3 Å². The number of hydrogen-bond donors (Lipinski definition) is 1. The molecule has 0 spiro atoms. The molecule has 88 valence electrons. The predicted molar refractivity (Wildman–Crippen MR) is 64.4 cm³/mol. The van der Waals surface area contributed by atoms with Crippen LogP contribution in [0.1, 0.15) is 25.3 Å². The zero-order valence-corrected chi connectivity index (χ0v) is 10.2. The second-order valence-corrected chi connectivity index (χ2v) is 5.00. The highest BCUT2D eigenvalue weighted by Crippen LogP contribution is 2.27. The van der Waals surface area contributed by atoms with Crippen LogP contribution in [0.2, 0.25) is 5.15 Å². The number of rotatable bonds is 4. The molecule has 0 bridgehead atoms. The van der Waals surface area contributed by atoms with Crippen LogP contribution in [-0.4, -0.2) is 33.7 Å². The average molecular weight is 241 g/mol. The number of aliphatic hydroxyl groups is 1. The summed E-state index contributed by atoms with van der Waals surface area (Å²) in [6.07, 6.45) is 3.72. The highest BCUT2D eigenvalue weighted by Gasteiger charge is 2.39. The minimum Gasteiger partial charge on any atom is -0.387 e. The van der Waals surface area contributed by atoms with Crippen LogP contribution in [0, 0.1) is 0 Å². The summed E-state index contributed by atoms with van der Waals surface area (Å²) < 4.78 is 0. The Morgan fingerprint density at radius 2 is 2.25 bits per heavy atom. The second-order valence-electron chi connectivity index (χ2n) is 4.61. The van der Waals surface area contributed by atoms with Crippen LogP contribution in [-0.2, 0) is 6.54 Å². The maximum Gasteiger partial charge on any atom is 0.129 e. The summed E-state index contributed by atoms with van der Waals surface area (Å²) in [6.45, 7) is 4.48. The monoisotopic (exact) mass is 240 g/mol. The van der Waals surface area contributed by atoms with Gasteiger partial charge in [-0.05, 0) is 18.1 Å². The lowest BCUT2D eigenvalue weighted by Gasteiger charge is -2.46. The minimum atomic E-state index is -0.450. The summed E-state index contributed by atoms with van der Waals surface area (Å²) >= 11 is 5.72. The molecule has 4 heteroatoms. The van der Waals surface area contributed by atoms with E-state index in [0.717, 1.165) is 38.0 Å². The van der Waals surface area contributed by atoms with Gasteiger partial charge >= 0.3 is 0 Å². The van der Waals surface area contributed by atoms with Gasteiger partial charge < -0.3 is 5.11 Å². The van der Waals surface area contributed by atoms with Crippen LogP contribution in [0.5, 0.6) is 0 Å². The van der Waals surface area contributed by atoms with Gasteiger partial charge in [0.15, 0.2) is 0 Å². The summed E-state index contributed by atoms with van der Waals surface area (Å²) in [7, 11) is 0. The average Bonchev–Trinajstić information content (AvgIpc) is 2.19. The van der Waals surface area contributed by atoms with Gasteiger partial charge in [-0.3, -0.25) is 4.90 Å². The Labute approximate surface area is 101 Å². The minimum absolute atomic E-state index is 0.450. The molecule has 3 nitrogen and oxygen atoms in total. The smallest absolute Gasteiger partial charge is 0.129 e. The molecule has 0 atom stereocenters. The van der Waals surface area contributed by atoms with Gasteiger partial charge in [0.25, 0.3) is 0 Å². The van der Waals surface area contributed by atoms with Gasteiger partial charge in [-0.15, -0.1) is 0 Å². The van der Waals surface area contributed by atoms with Gasteiger partial charge in [0.1, 0.15) is 5.15 Å². The number of pyridine rings is 1. The van der Waals surface area contributed by atoms with Gasteiger partial charge in [-0.25, -0.2) is 4.98 Å². The van der Waals surface area contributed by atoms with Crippen molar-refractivity contribution in [2.75, 3.05) is 13.1 Å². The summed E-state index contributed by atoms with van der Waals surface area (Å²) in [6, 6.07) is 3.78. The Bertz CT molecular complexity index is 347. The molecule has 0 radical (unpaired) electrons. The van der Waals surface area contributed by atoms with Crippen LogP contribution in [0.25, 0.3) is 0 Å². The summed E-state index contributed by atoms with van der Waals surface area (Å²) in [4.78, 5) is 6.26. The predicted octanol–water partition coefficient (Wildman–Crippen LogP) is 2.08. The van der Waals surface area contributed by atoms with E-state index in [1.165, 1.54) is 0 Å². The maximum absolute atomic E-state index is 10.0. The van der Waals surface area contributed by atoms with E-state index in [-0.39, 0.29) is 0 Å². The van der Waals surface area contributed by atoms with Crippen molar-refractivity contribution in [3.05, 3.63) is 29.0 Å². The molecule has 1 aromatic rings. The van der Waals surface area contributed by atoms with Crippen LogP contribution in [0.3, 0.4) is 0 Å². The van der Waals surface area contributed by atoms with Gasteiger partial charge in [0, 0.05) is 25.8 Å². The van der Waals surface area contributed by atoms with Crippen LogP contribution in [0.4, 0.5) is 0 Å². The molecule has 1 N–H and O–H groups in total. The number of likely N-dealkylation sites (tertiary alicyclic amines) is 1. The van der Waals surface area contributed by atoms with E-state index in [4.69, 9.17) is 11.6 Å². The third kappa shape index (κ3) is 2.73. The lowest BCUT2D eigenvalue weighted by molar-refractivity contribution is -0.106. The lowest BCUT2D eigenvalue weighted by Crippen LogP contribution is -2.60. The van der Waals surface area contributed by atoms with Crippen molar-refractivity contribution >= 4 is 11.6 Å². The topological polar surface area (TPSA) is 36.4 Å². The van der Waals surface area contributed by atoms with Gasteiger partial charge in [-0.1, -0.05) is 31.0 Å². The molecule has 1 aliphatic rings. The molecule has 2 rings (SSSR count). The molecule has 0 unspecified atom stereocenters. The molecule has 16 heavy (non-hydrogen) atoms. The fourth-order valence-electron chi connectivity index (χ4n) is 2.28. The quantitative estimate of drug-likeness (QED) is 0.819. The van der Waals surface area contributed by atoms with E-state index in [9.17, 15) is 5.11 Å². The molecule has 0 amide bonds. The standard InChI is InChI=1S/C12H17ClN2O/c1-2-5-12(16)8-15(9-12)7-10-3-4-11(13)14-6-10/h3-4,6,16H,2,5,7-9H2,1H3. The zero-order chi connectivity index (χ0) is 11.6. The normalized spacial score (nSPS) is 19.4. The van der Waals surface area contributed by atoms with Crippen molar-refractivity contribution in [3.8, 4) is 0 Å². The van der Waals surface area contributed by atoms with E-state index in [1.54, 1.807) is 12.3 Å². The van der Waals surface area contributed by atoms with Crippen molar-refractivity contribution in [1.29, 1.82) is 0 Å². The lowest BCUT2D eigenvalue weighted by atomic mass is 9.89. The largest absolute Gasteiger partial charge is 0.387 e. The highest BCUT2D eigenvalue weighted by molar-refractivity contribution is 6.29. The van der Waals surface area contributed by atoms with Crippen molar-refractivity contribution in [2.45, 2.75) is 31.9 Å². The molecule has 1 saturated heterocycles. The van der Waals surface area contributed by atoms with Crippen LogP contribution < -0.4 is 0 Å². The first-order valence-corrected chi connectivity index (χ1v) is 6.04. The number of halogens is 1. The van der Waals surface area contributed by atoms with E-state index in [2.05, 4.69) is 16.8 Å². The maximum atomic E-state index is 10.0. The molecular formula is C12H17ClN2O. The van der Waals surface area contributed by atoms with Crippen molar-refractivity contribution in [1.82, 2.24) is 9.88 Å². The number of β-amino-alcohol motifs (C(OH)–C–C–N with tert-alkyl or cyclic N) is 1. The second kappa shape index (κ2) is 4.70. The van der Waals surface area contributed by atoms with Crippen molar-refractivity contribution in [2.24, 2.45) is 0 Å². The zero-order valence-electron chi connectivity index (χ0n) is 9.49. The Kier molecular flexibility index (Phi) is 3.47. The molecule has 1 fully saturated rings. The first kappa shape index (κ1) is 11.8. The highest BCUT2D eigenvalue weighted by atomic mass is 35.5. The van der Waals surface area contributed by atoms with E-state index < -0.39 is 5.60 Å². The number of hydrogen-bond acceptors (Lipinski definition) is 3. The fourth-order valence-corrected chi connectivity index (χ4v) is 2.39. The van der Waals surface area contributed by atoms with E-state index in [0.29, 0.717) is 5.15 Å². The van der Waals surface area contributed by atoms with E-state index in [1.807, 2.05) is 6.07 Å². The first-order valence-electron chi connectivity index (χ1n) is 5.66. The Morgan fingerprint density at radius 3 is 2.81 bits per heavy atom. The van der Waals surface area contributed by atoms with Gasteiger partial charge in [-0.2, -0.15) is 0 Å². The Morgan fingerprint density at radius 1 is 1.50 bits per heavy atom.